The van der Waals surface area contributed by atoms with Crippen LogP contribution in [0.1, 0.15) is 16.8 Å². The SMILES string of the molecule is COc1ccc(Cl)cc1C(=O)N1CC(O)CC1C(=O)O. The van der Waals surface area contributed by atoms with Gasteiger partial charge >= 0.3 is 5.97 Å². The van der Waals surface area contributed by atoms with E-state index in [1.54, 1.807) is 6.07 Å². The third-order valence-electron chi connectivity index (χ3n) is 3.22. The lowest BCUT2D eigenvalue weighted by Gasteiger charge is -2.22. The molecular formula is C13H14ClNO5. The number of carboxylic acids is 1. The Morgan fingerprint density at radius 1 is 1.45 bits per heavy atom. The zero-order valence-electron chi connectivity index (χ0n) is 10.7. The zero-order chi connectivity index (χ0) is 14.9. The standard InChI is InChI=1S/C13H14ClNO5/c1-20-11-3-2-7(14)4-9(11)12(17)15-6-8(16)5-10(15)13(18)19/h2-4,8,10,16H,5-6H2,1H3,(H,18,19). The number of β-amino-alcohol motifs (C(OH)–C–C–N with tert-alkyl or cyclic N) is 1. The van der Waals surface area contributed by atoms with E-state index in [9.17, 15) is 14.7 Å². The first-order chi connectivity index (χ1) is 9.43. The van der Waals surface area contributed by atoms with Crippen molar-refractivity contribution in [3.8, 4) is 5.75 Å². The fourth-order valence-corrected chi connectivity index (χ4v) is 2.45. The van der Waals surface area contributed by atoms with E-state index >= 15 is 0 Å². The molecule has 0 aromatic heterocycles. The summed E-state index contributed by atoms with van der Waals surface area (Å²) < 4.78 is 5.09. The predicted molar refractivity (Wildman–Crippen MR) is 71.1 cm³/mol. The van der Waals surface area contributed by atoms with Gasteiger partial charge in [0.2, 0.25) is 0 Å². The van der Waals surface area contributed by atoms with Crippen molar-refractivity contribution in [1.82, 2.24) is 4.90 Å². The highest BCUT2D eigenvalue weighted by molar-refractivity contribution is 6.31. The number of carboxylic acid groups (broad SMARTS) is 1. The smallest absolute Gasteiger partial charge is 0.326 e. The van der Waals surface area contributed by atoms with Crippen LogP contribution < -0.4 is 4.74 Å². The number of ether oxygens (including phenoxy) is 1. The van der Waals surface area contributed by atoms with Crippen molar-refractivity contribution in [3.63, 3.8) is 0 Å². The predicted octanol–water partition coefficient (Wildman–Crippen LogP) is 1.01. The molecular weight excluding hydrogens is 286 g/mol. The van der Waals surface area contributed by atoms with E-state index in [4.69, 9.17) is 21.4 Å². The Morgan fingerprint density at radius 2 is 2.15 bits per heavy atom. The molecule has 7 heteroatoms. The first-order valence-electron chi connectivity index (χ1n) is 5.99. The van der Waals surface area contributed by atoms with Crippen molar-refractivity contribution in [3.05, 3.63) is 28.8 Å². The number of aliphatic hydroxyl groups is 1. The van der Waals surface area contributed by atoms with Crippen molar-refractivity contribution in [2.24, 2.45) is 0 Å². The number of aliphatic hydroxyl groups excluding tert-OH is 1. The van der Waals surface area contributed by atoms with E-state index in [-0.39, 0.29) is 18.5 Å². The number of rotatable bonds is 3. The number of benzene rings is 1. The molecule has 2 unspecified atom stereocenters. The lowest BCUT2D eigenvalue weighted by Crippen LogP contribution is -2.40. The minimum Gasteiger partial charge on any atom is -0.496 e. The summed E-state index contributed by atoms with van der Waals surface area (Å²) in [5, 5.41) is 19.0. The number of carbonyl (C=O) groups is 2. The highest BCUT2D eigenvalue weighted by Crippen LogP contribution is 2.27. The molecule has 1 saturated heterocycles. The van der Waals surface area contributed by atoms with Crippen molar-refractivity contribution >= 4 is 23.5 Å². The Kier molecular flexibility index (Phi) is 4.15. The zero-order valence-corrected chi connectivity index (χ0v) is 11.5. The van der Waals surface area contributed by atoms with E-state index in [1.165, 1.54) is 19.2 Å². The molecule has 0 spiro atoms. The molecule has 2 N–H and O–H groups in total. The van der Waals surface area contributed by atoms with Crippen molar-refractivity contribution in [2.75, 3.05) is 13.7 Å². The fourth-order valence-electron chi connectivity index (χ4n) is 2.27. The molecule has 1 amide bonds. The van der Waals surface area contributed by atoms with Gasteiger partial charge in [-0.25, -0.2) is 4.79 Å². The Morgan fingerprint density at radius 3 is 2.75 bits per heavy atom. The van der Waals surface area contributed by atoms with E-state index < -0.39 is 24.0 Å². The van der Waals surface area contributed by atoms with Crippen LogP contribution in [0.5, 0.6) is 5.75 Å². The van der Waals surface area contributed by atoms with Gasteiger partial charge in [0.15, 0.2) is 0 Å². The van der Waals surface area contributed by atoms with Crippen LogP contribution in [-0.2, 0) is 4.79 Å². The van der Waals surface area contributed by atoms with Gasteiger partial charge in [0, 0.05) is 18.0 Å². The number of likely N-dealkylation sites (tertiary alicyclic amines) is 1. The van der Waals surface area contributed by atoms with Crippen molar-refractivity contribution < 1.29 is 24.5 Å². The largest absolute Gasteiger partial charge is 0.496 e. The summed E-state index contributed by atoms with van der Waals surface area (Å²) in [6.45, 7) is -0.0224. The summed E-state index contributed by atoms with van der Waals surface area (Å²) in [5.41, 5.74) is 0.181. The molecule has 0 saturated carbocycles. The molecule has 2 rings (SSSR count). The Bertz CT molecular complexity index is 548. The number of methoxy groups -OCH3 is 1. The maximum atomic E-state index is 12.5. The summed E-state index contributed by atoms with van der Waals surface area (Å²) in [6.07, 6.45) is -0.825. The van der Waals surface area contributed by atoms with Crippen LogP contribution in [0.4, 0.5) is 0 Å². The maximum absolute atomic E-state index is 12.5. The minimum atomic E-state index is -1.14. The number of aliphatic carboxylic acids is 1. The molecule has 0 aliphatic carbocycles. The van der Waals surface area contributed by atoms with E-state index in [2.05, 4.69) is 0 Å². The van der Waals surface area contributed by atoms with Gasteiger partial charge in [-0.3, -0.25) is 4.79 Å². The Labute approximate surface area is 120 Å². The number of nitrogens with zero attached hydrogens (tertiary/aromatic N) is 1. The highest BCUT2D eigenvalue weighted by atomic mass is 35.5. The van der Waals surface area contributed by atoms with E-state index in [0.717, 1.165) is 4.90 Å². The molecule has 1 aromatic rings. The number of amides is 1. The van der Waals surface area contributed by atoms with Gasteiger partial charge in [0.05, 0.1) is 18.8 Å². The number of hydrogen-bond acceptors (Lipinski definition) is 4. The molecule has 1 fully saturated rings. The second-order valence-corrected chi connectivity index (χ2v) is 4.98. The maximum Gasteiger partial charge on any atom is 0.326 e. The summed E-state index contributed by atoms with van der Waals surface area (Å²) in [6, 6.07) is 3.50. The van der Waals surface area contributed by atoms with Gasteiger partial charge in [0.1, 0.15) is 11.8 Å². The lowest BCUT2D eigenvalue weighted by atomic mass is 10.1. The van der Waals surface area contributed by atoms with Gasteiger partial charge < -0.3 is 19.8 Å². The lowest BCUT2D eigenvalue weighted by molar-refractivity contribution is -0.141. The number of hydrogen-bond donors (Lipinski definition) is 2. The normalized spacial score (nSPS) is 21.9. The van der Waals surface area contributed by atoms with Gasteiger partial charge in [-0.05, 0) is 18.2 Å². The Hall–Kier alpha value is -1.79. The first kappa shape index (κ1) is 14.6. The number of carbonyl (C=O) groups excluding carboxylic acids is 1. The van der Waals surface area contributed by atoms with Gasteiger partial charge in [-0.1, -0.05) is 11.6 Å². The van der Waals surface area contributed by atoms with Gasteiger partial charge in [0.25, 0.3) is 5.91 Å². The summed E-state index contributed by atoms with van der Waals surface area (Å²) in [4.78, 5) is 24.7. The topological polar surface area (TPSA) is 87.1 Å². The third kappa shape index (κ3) is 2.71. The van der Waals surface area contributed by atoms with Crippen LogP contribution in [0.15, 0.2) is 18.2 Å². The molecule has 2 atom stereocenters. The summed E-state index contributed by atoms with van der Waals surface area (Å²) in [7, 11) is 1.41. The average Bonchev–Trinajstić information content (AvgIpc) is 2.80. The van der Waals surface area contributed by atoms with Crippen LogP contribution in [0.2, 0.25) is 5.02 Å². The molecule has 6 nitrogen and oxygen atoms in total. The molecule has 1 aliphatic heterocycles. The Balaban J connectivity index is 2.35. The van der Waals surface area contributed by atoms with E-state index in [1.807, 2.05) is 0 Å². The van der Waals surface area contributed by atoms with Crippen LogP contribution >= 0.6 is 11.6 Å². The molecule has 1 heterocycles. The minimum absolute atomic E-state index is 0.0178. The molecule has 0 bridgehead atoms. The fraction of sp³-hybridized carbons (Fsp3) is 0.385. The third-order valence-corrected chi connectivity index (χ3v) is 3.45. The van der Waals surface area contributed by atoms with Crippen molar-refractivity contribution in [2.45, 2.75) is 18.6 Å². The molecule has 1 aromatic carbocycles. The molecule has 1 aliphatic rings. The second kappa shape index (κ2) is 5.68. The average molecular weight is 300 g/mol. The van der Waals surface area contributed by atoms with Crippen LogP contribution in [0.25, 0.3) is 0 Å². The molecule has 108 valence electrons. The number of halogens is 1. The van der Waals surface area contributed by atoms with Crippen molar-refractivity contribution in [1.29, 1.82) is 0 Å². The van der Waals surface area contributed by atoms with Gasteiger partial charge in [-0.15, -0.1) is 0 Å². The van der Waals surface area contributed by atoms with Crippen LogP contribution in [-0.4, -0.2) is 52.8 Å². The summed E-state index contributed by atoms with van der Waals surface area (Å²) >= 11 is 5.86. The van der Waals surface area contributed by atoms with Gasteiger partial charge in [-0.2, -0.15) is 0 Å². The van der Waals surface area contributed by atoms with E-state index in [0.29, 0.717) is 10.8 Å². The summed E-state index contributed by atoms with van der Waals surface area (Å²) in [5.74, 6) is -1.35. The quantitative estimate of drug-likeness (QED) is 0.870. The highest BCUT2D eigenvalue weighted by Gasteiger charge is 2.39. The molecule has 0 radical (unpaired) electrons. The monoisotopic (exact) mass is 299 g/mol. The molecule has 20 heavy (non-hydrogen) atoms. The van der Waals surface area contributed by atoms with Crippen LogP contribution in [0, 0.1) is 0 Å². The van der Waals surface area contributed by atoms with Crippen LogP contribution in [0.3, 0.4) is 0 Å². The second-order valence-electron chi connectivity index (χ2n) is 4.55. The first-order valence-corrected chi connectivity index (χ1v) is 6.37.